The van der Waals surface area contributed by atoms with Gasteiger partial charge in [0.05, 0.1) is 0 Å². The smallest absolute Gasteiger partial charge is 0.126 e. The highest BCUT2D eigenvalue weighted by Gasteiger charge is 2.04. The Morgan fingerprint density at radius 2 is 2.25 bits per heavy atom. The molecule has 0 fully saturated rings. The van der Waals surface area contributed by atoms with Gasteiger partial charge in [0.2, 0.25) is 0 Å². The first-order valence-corrected chi connectivity index (χ1v) is 5.59. The quantitative estimate of drug-likeness (QED) is 0.751. The van der Waals surface area contributed by atoms with Crippen LogP contribution in [0.2, 0.25) is 0 Å². The van der Waals surface area contributed by atoms with E-state index in [1.54, 1.807) is 13.0 Å². The van der Waals surface area contributed by atoms with Crippen molar-refractivity contribution in [1.29, 1.82) is 0 Å². The fraction of sp³-hybridized carbons (Fsp3) is 0.429. The van der Waals surface area contributed by atoms with E-state index in [1.807, 2.05) is 6.07 Å². The minimum absolute atomic E-state index is 0.153. The first kappa shape index (κ1) is 12.7. The summed E-state index contributed by atoms with van der Waals surface area (Å²) in [6.07, 6.45) is 7.02. The lowest BCUT2D eigenvalue weighted by Gasteiger charge is -2.14. The fourth-order valence-corrected chi connectivity index (χ4v) is 1.58. The highest BCUT2D eigenvalue weighted by atomic mass is 19.1. The van der Waals surface area contributed by atoms with Crippen molar-refractivity contribution in [2.75, 3.05) is 0 Å². The summed E-state index contributed by atoms with van der Waals surface area (Å²) >= 11 is 0. The topological polar surface area (TPSA) is 12.0 Å². The molecular formula is C14H18FN. The molecule has 0 aliphatic rings. The molecule has 0 aliphatic carbocycles. The average molecular weight is 219 g/mol. The molecule has 0 saturated heterocycles. The second kappa shape index (κ2) is 6.30. The summed E-state index contributed by atoms with van der Waals surface area (Å²) < 4.78 is 13.0. The van der Waals surface area contributed by atoms with Gasteiger partial charge in [-0.1, -0.05) is 19.1 Å². The lowest BCUT2D eigenvalue weighted by Crippen LogP contribution is -2.27. The third-order valence-corrected chi connectivity index (χ3v) is 2.67. The number of terminal acetylenes is 1. The normalized spacial score (nSPS) is 12.1. The first-order valence-electron chi connectivity index (χ1n) is 5.59. The maximum absolute atomic E-state index is 13.0. The zero-order chi connectivity index (χ0) is 12.0. The molecular weight excluding hydrogens is 201 g/mol. The second-order valence-corrected chi connectivity index (χ2v) is 3.98. The van der Waals surface area contributed by atoms with E-state index in [0.29, 0.717) is 11.6 Å². The Morgan fingerprint density at radius 3 is 2.81 bits per heavy atom. The molecule has 0 heterocycles. The zero-order valence-electron chi connectivity index (χ0n) is 9.89. The predicted molar refractivity (Wildman–Crippen MR) is 65.5 cm³/mol. The molecule has 1 rings (SSSR count). The number of nitrogens with one attached hydrogen (secondary N) is 1. The summed E-state index contributed by atoms with van der Waals surface area (Å²) in [5.74, 6) is 2.50. The lowest BCUT2D eigenvalue weighted by molar-refractivity contribution is 0.506. The Kier molecular flexibility index (Phi) is 5.01. The van der Waals surface area contributed by atoms with Crippen molar-refractivity contribution in [2.24, 2.45) is 0 Å². The van der Waals surface area contributed by atoms with Crippen molar-refractivity contribution in [2.45, 2.75) is 39.3 Å². The Hall–Kier alpha value is -1.33. The molecule has 16 heavy (non-hydrogen) atoms. The standard InChI is InChI=1S/C14H18FN/c1-4-6-13(5-2)16-10-12-7-8-14(15)11(3)9-12/h1,7-9,13,16H,5-6,10H2,2-3H3. The summed E-state index contributed by atoms with van der Waals surface area (Å²) in [6.45, 7) is 4.61. The molecule has 0 saturated carbocycles. The molecule has 0 amide bonds. The average Bonchev–Trinajstić information content (AvgIpc) is 2.28. The van der Waals surface area contributed by atoms with Crippen molar-refractivity contribution in [3.8, 4) is 12.3 Å². The van der Waals surface area contributed by atoms with Gasteiger partial charge in [-0.3, -0.25) is 0 Å². The maximum Gasteiger partial charge on any atom is 0.126 e. The molecule has 0 spiro atoms. The Morgan fingerprint density at radius 1 is 1.50 bits per heavy atom. The van der Waals surface area contributed by atoms with Gasteiger partial charge in [0.15, 0.2) is 0 Å². The highest BCUT2D eigenvalue weighted by Crippen LogP contribution is 2.09. The van der Waals surface area contributed by atoms with Crippen molar-refractivity contribution >= 4 is 0 Å². The Bertz CT molecular complexity index is 379. The van der Waals surface area contributed by atoms with E-state index in [-0.39, 0.29) is 5.82 Å². The number of aryl methyl sites for hydroxylation is 1. The summed E-state index contributed by atoms with van der Waals surface area (Å²) in [5, 5.41) is 3.37. The summed E-state index contributed by atoms with van der Waals surface area (Å²) in [4.78, 5) is 0. The molecule has 0 aliphatic heterocycles. The minimum atomic E-state index is -0.153. The third kappa shape index (κ3) is 3.67. The molecule has 1 nitrogen and oxygen atoms in total. The largest absolute Gasteiger partial charge is 0.309 e. The van der Waals surface area contributed by atoms with E-state index in [1.165, 1.54) is 6.07 Å². The van der Waals surface area contributed by atoms with Gasteiger partial charge < -0.3 is 5.32 Å². The van der Waals surface area contributed by atoms with Gasteiger partial charge in [-0.05, 0) is 30.5 Å². The number of benzene rings is 1. The van der Waals surface area contributed by atoms with Gasteiger partial charge >= 0.3 is 0 Å². The maximum atomic E-state index is 13.0. The van der Waals surface area contributed by atoms with Crippen LogP contribution in [0.5, 0.6) is 0 Å². The van der Waals surface area contributed by atoms with E-state index in [4.69, 9.17) is 6.42 Å². The summed E-state index contributed by atoms with van der Waals surface area (Å²) in [5.41, 5.74) is 1.78. The predicted octanol–water partition coefficient (Wildman–Crippen LogP) is 3.03. The van der Waals surface area contributed by atoms with E-state index < -0.39 is 0 Å². The van der Waals surface area contributed by atoms with E-state index in [9.17, 15) is 4.39 Å². The minimum Gasteiger partial charge on any atom is -0.309 e. The van der Waals surface area contributed by atoms with E-state index >= 15 is 0 Å². The van der Waals surface area contributed by atoms with Crippen LogP contribution >= 0.6 is 0 Å². The van der Waals surface area contributed by atoms with Crippen LogP contribution in [0.1, 0.15) is 30.9 Å². The van der Waals surface area contributed by atoms with Crippen LogP contribution in [0.25, 0.3) is 0 Å². The van der Waals surface area contributed by atoms with Gasteiger partial charge in [-0.15, -0.1) is 12.3 Å². The molecule has 1 N–H and O–H groups in total. The van der Waals surface area contributed by atoms with Crippen molar-refractivity contribution < 1.29 is 4.39 Å². The van der Waals surface area contributed by atoms with Crippen molar-refractivity contribution in [3.63, 3.8) is 0 Å². The van der Waals surface area contributed by atoms with Crippen LogP contribution < -0.4 is 5.32 Å². The molecule has 1 unspecified atom stereocenters. The Labute approximate surface area is 97.1 Å². The van der Waals surface area contributed by atoms with Crippen LogP contribution in [0.15, 0.2) is 18.2 Å². The highest BCUT2D eigenvalue weighted by molar-refractivity contribution is 5.23. The van der Waals surface area contributed by atoms with Crippen LogP contribution in [0.3, 0.4) is 0 Å². The fourth-order valence-electron chi connectivity index (χ4n) is 1.58. The van der Waals surface area contributed by atoms with Crippen LogP contribution in [0, 0.1) is 25.1 Å². The van der Waals surface area contributed by atoms with E-state index in [2.05, 4.69) is 18.2 Å². The molecule has 0 aromatic heterocycles. The number of halogens is 1. The van der Waals surface area contributed by atoms with Crippen molar-refractivity contribution in [1.82, 2.24) is 5.32 Å². The molecule has 0 radical (unpaired) electrons. The van der Waals surface area contributed by atoms with Gasteiger partial charge in [-0.25, -0.2) is 4.39 Å². The Balaban J connectivity index is 2.54. The van der Waals surface area contributed by atoms with Crippen LogP contribution in [0.4, 0.5) is 4.39 Å². The first-order chi connectivity index (χ1) is 7.67. The third-order valence-electron chi connectivity index (χ3n) is 2.67. The van der Waals surface area contributed by atoms with Crippen LogP contribution in [-0.2, 0) is 6.54 Å². The molecule has 1 aromatic carbocycles. The van der Waals surface area contributed by atoms with Gasteiger partial charge in [0.25, 0.3) is 0 Å². The van der Waals surface area contributed by atoms with Gasteiger partial charge in [0, 0.05) is 19.0 Å². The lowest BCUT2D eigenvalue weighted by atomic mass is 10.1. The number of hydrogen-bond donors (Lipinski definition) is 1. The molecule has 2 heteroatoms. The second-order valence-electron chi connectivity index (χ2n) is 3.98. The number of hydrogen-bond acceptors (Lipinski definition) is 1. The van der Waals surface area contributed by atoms with Crippen LogP contribution in [-0.4, -0.2) is 6.04 Å². The zero-order valence-corrected chi connectivity index (χ0v) is 9.89. The summed E-state index contributed by atoms with van der Waals surface area (Å²) in [7, 11) is 0. The SMILES string of the molecule is C#CCC(CC)NCc1ccc(F)c(C)c1. The summed E-state index contributed by atoms with van der Waals surface area (Å²) in [6, 6.07) is 5.52. The monoisotopic (exact) mass is 219 g/mol. The molecule has 1 aromatic rings. The molecule has 0 bridgehead atoms. The van der Waals surface area contributed by atoms with E-state index in [0.717, 1.165) is 24.9 Å². The molecule has 86 valence electrons. The van der Waals surface area contributed by atoms with Crippen molar-refractivity contribution in [3.05, 3.63) is 35.1 Å². The molecule has 1 atom stereocenters. The van der Waals surface area contributed by atoms with Gasteiger partial charge in [0.1, 0.15) is 5.82 Å². The number of rotatable bonds is 5. The van der Waals surface area contributed by atoms with Gasteiger partial charge in [-0.2, -0.15) is 0 Å².